The molecule has 0 radical (unpaired) electrons. The largest absolute Gasteiger partial charge is 0.497 e. The number of hydrogen-bond acceptors (Lipinski definition) is 5. The summed E-state index contributed by atoms with van der Waals surface area (Å²) >= 11 is 0. The number of anilines is 1. The van der Waals surface area contributed by atoms with Gasteiger partial charge >= 0.3 is 0 Å². The molecule has 0 fully saturated rings. The van der Waals surface area contributed by atoms with Crippen LogP contribution < -0.4 is 14.4 Å². The molecule has 1 atom stereocenters. The van der Waals surface area contributed by atoms with Crippen molar-refractivity contribution in [1.29, 1.82) is 0 Å². The Kier molecular flexibility index (Phi) is 9.24. The Labute approximate surface area is 216 Å². The maximum absolute atomic E-state index is 13.7. The Hall–Kier alpha value is -3.92. The molecule has 1 unspecified atom stereocenters. The zero-order valence-electron chi connectivity index (χ0n) is 20.9. The van der Waals surface area contributed by atoms with Crippen molar-refractivity contribution < 1.29 is 27.1 Å². The van der Waals surface area contributed by atoms with Crippen molar-refractivity contribution in [2.45, 2.75) is 24.3 Å². The molecular formula is C27H30FN3O5S. The zero-order chi connectivity index (χ0) is 27.0. The number of benzene rings is 3. The molecule has 0 bridgehead atoms. The number of rotatable bonds is 11. The molecule has 1 N–H and O–H groups in total. The van der Waals surface area contributed by atoms with Gasteiger partial charge in [0.2, 0.25) is 11.8 Å². The Morgan fingerprint density at radius 3 is 2.16 bits per heavy atom. The summed E-state index contributed by atoms with van der Waals surface area (Å²) in [5, 5.41) is 2.54. The SMILES string of the molecule is CNC(=O)C(C)N(CCc1ccccc1)C(=O)CN(c1ccc(F)cc1)S(=O)(=O)c1ccc(OC)cc1. The van der Waals surface area contributed by atoms with Crippen molar-refractivity contribution >= 4 is 27.5 Å². The summed E-state index contributed by atoms with van der Waals surface area (Å²) in [5.41, 5.74) is 1.08. The van der Waals surface area contributed by atoms with Crippen molar-refractivity contribution in [1.82, 2.24) is 10.2 Å². The van der Waals surface area contributed by atoms with E-state index in [1.54, 1.807) is 6.92 Å². The molecule has 0 saturated carbocycles. The average Bonchev–Trinajstić information content (AvgIpc) is 2.92. The van der Waals surface area contributed by atoms with Gasteiger partial charge in [0.1, 0.15) is 24.2 Å². The third kappa shape index (κ3) is 6.85. The molecule has 10 heteroatoms. The summed E-state index contributed by atoms with van der Waals surface area (Å²) in [6, 6.07) is 19.2. The van der Waals surface area contributed by atoms with Crippen molar-refractivity contribution in [3.63, 3.8) is 0 Å². The van der Waals surface area contributed by atoms with Crippen molar-refractivity contribution in [2.75, 3.05) is 31.6 Å². The van der Waals surface area contributed by atoms with Crippen LogP contribution in [0, 0.1) is 5.82 Å². The molecule has 0 aliphatic carbocycles. The minimum atomic E-state index is -4.23. The maximum Gasteiger partial charge on any atom is 0.264 e. The predicted molar refractivity (Wildman–Crippen MR) is 139 cm³/mol. The van der Waals surface area contributed by atoms with E-state index in [-0.39, 0.29) is 23.0 Å². The summed E-state index contributed by atoms with van der Waals surface area (Å²) in [6.07, 6.45) is 0.468. The van der Waals surface area contributed by atoms with Gasteiger partial charge in [-0.15, -0.1) is 0 Å². The highest BCUT2D eigenvalue weighted by atomic mass is 32.2. The molecule has 3 aromatic rings. The van der Waals surface area contributed by atoms with Crippen LogP contribution in [0.1, 0.15) is 12.5 Å². The number of likely N-dealkylation sites (N-methyl/N-ethyl adjacent to an activating group) is 1. The molecule has 0 aromatic heterocycles. The fraction of sp³-hybridized carbons (Fsp3) is 0.259. The summed E-state index contributed by atoms with van der Waals surface area (Å²) in [6.45, 7) is 1.19. The van der Waals surface area contributed by atoms with E-state index in [0.717, 1.165) is 22.0 Å². The Morgan fingerprint density at radius 1 is 0.973 bits per heavy atom. The van der Waals surface area contributed by atoms with Crippen LogP contribution in [0.25, 0.3) is 0 Å². The lowest BCUT2D eigenvalue weighted by Crippen LogP contribution is -2.51. The third-order valence-electron chi connectivity index (χ3n) is 5.94. The maximum atomic E-state index is 13.7. The van der Waals surface area contributed by atoms with Crippen LogP contribution in [0.3, 0.4) is 0 Å². The van der Waals surface area contributed by atoms with Crippen LogP contribution >= 0.6 is 0 Å². The van der Waals surface area contributed by atoms with E-state index in [1.165, 1.54) is 55.5 Å². The van der Waals surface area contributed by atoms with Gasteiger partial charge in [0.25, 0.3) is 10.0 Å². The van der Waals surface area contributed by atoms with Gasteiger partial charge in [-0.05, 0) is 67.4 Å². The van der Waals surface area contributed by atoms with Crippen LogP contribution in [-0.2, 0) is 26.0 Å². The van der Waals surface area contributed by atoms with Gasteiger partial charge < -0.3 is 15.0 Å². The summed E-state index contributed by atoms with van der Waals surface area (Å²) < 4.78 is 47.0. The molecule has 37 heavy (non-hydrogen) atoms. The van der Waals surface area contributed by atoms with Gasteiger partial charge in [-0.25, -0.2) is 12.8 Å². The fourth-order valence-electron chi connectivity index (χ4n) is 3.79. The van der Waals surface area contributed by atoms with Gasteiger partial charge in [0, 0.05) is 13.6 Å². The van der Waals surface area contributed by atoms with Gasteiger partial charge in [-0.1, -0.05) is 30.3 Å². The van der Waals surface area contributed by atoms with Crippen molar-refractivity contribution in [3.8, 4) is 5.75 Å². The topological polar surface area (TPSA) is 96.0 Å². The molecule has 8 nitrogen and oxygen atoms in total. The first kappa shape index (κ1) is 27.7. The number of hydrogen-bond donors (Lipinski definition) is 1. The zero-order valence-corrected chi connectivity index (χ0v) is 21.7. The third-order valence-corrected chi connectivity index (χ3v) is 7.73. The molecule has 0 saturated heterocycles. The quantitative estimate of drug-likeness (QED) is 0.413. The number of nitrogens with one attached hydrogen (secondary N) is 1. The monoisotopic (exact) mass is 527 g/mol. The smallest absolute Gasteiger partial charge is 0.264 e. The van der Waals surface area contributed by atoms with E-state index in [2.05, 4.69) is 5.32 Å². The number of methoxy groups -OCH3 is 1. The van der Waals surface area contributed by atoms with E-state index in [4.69, 9.17) is 4.74 Å². The van der Waals surface area contributed by atoms with Crippen molar-refractivity contribution in [2.24, 2.45) is 0 Å². The van der Waals surface area contributed by atoms with E-state index in [9.17, 15) is 22.4 Å². The molecule has 0 aliphatic heterocycles. The number of nitrogens with zero attached hydrogens (tertiary/aromatic N) is 2. The highest BCUT2D eigenvalue weighted by Crippen LogP contribution is 2.26. The Balaban J connectivity index is 1.96. The number of ether oxygens (including phenoxy) is 1. The normalized spacial score (nSPS) is 11.9. The predicted octanol–water partition coefficient (Wildman–Crippen LogP) is 3.24. The average molecular weight is 528 g/mol. The number of sulfonamides is 1. The minimum absolute atomic E-state index is 0.0689. The standard InChI is InChI=1S/C27H30FN3O5S/c1-20(27(33)29-2)30(18-17-21-7-5-4-6-8-21)26(32)19-31(23-11-9-22(28)10-12-23)37(34,35)25-15-13-24(36-3)14-16-25/h4-16,20H,17-19H2,1-3H3,(H,29,33). The summed E-state index contributed by atoms with van der Waals surface area (Å²) in [7, 11) is -1.30. The second kappa shape index (κ2) is 12.4. The fourth-order valence-corrected chi connectivity index (χ4v) is 5.20. The van der Waals surface area contributed by atoms with Crippen LogP contribution in [0.4, 0.5) is 10.1 Å². The number of halogens is 1. The summed E-state index contributed by atoms with van der Waals surface area (Å²) in [4.78, 5) is 27.3. The lowest BCUT2D eigenvalue weighted by atomic mass is 10.1. The second-order valence-electron chi connectivity index (χ2n) is 8.28. The molecule has 0 spiro atoms. The van der Waals surface area contributed by atoms with E-state index in [1.807, 2.05) is 30.3 Å². The molecule has 196 valence electrons. The number of carbonyl (C=O) groups is 2. The first-order valence-electron chi connectivity index (χ1n) is 11.6. The van der Waals surface area contributed by atoms with Gasteiger partial charge in [0.05, 0.1) is 17.7 Å². The molecular weight excluding hydrogens is 497 g/mol. The molecule has 2 amide bonds. The van der Waals surface area contributed by atoms with E-state index in [0.29, 0.717) is 12.2 Å². The van der Waals surface area contributed by atoms with Gasteiger partial charge in [-0.3, -0.25) is 13.9 Å². The molecule has 0 heterocycles. The van der Waals surface area contributed by atoms with E-state index < -0.39 is 34.3 Å². The van der Waals surface area contributed by atoms with Crippen LogP contribution in [-0.4, -0.2) is 58.4 Å². The molecule has 3 rings (SSSR count). The van der Waals surface area contributed by atoms with Gasteiger partial charge in [-0.2, -0.15) is 0 Å². The van der Waals surface area contributed by atoms with Gasteiger partial charge in [0.15, 0.2) is 0 Å². The highest BCUT2D eigenvalue weighted by molar-refractivity contribution is 7.92. The van der Waals surface area contributed by atoms with Crippen molar-refractivity contribution in [3.05, 3.63) is 90.2 Å². The first-order valence-corrected chi connectivity index (χ1v) is 13.1. The lowest BCUT2D eigenvalue weighted by Gasteiger charge is -2.31. The minimum Gasteiger partial charge on any atom is -0.497 e. The lowest BCUT2D eigenvalue weighted by molar-refractivity contribution is -0.138. The molecule has 0 aliphatic rings. The Morgan fingerprint density at radius 2 is 1.59 bits per heavy atom. The van der Waals surface area contributed by atoms with Crippen LogP contribution in [0.2, 0.25) is 0 Å². The number of carbonyl (C=O) groups excluding carboxylic acids is 2. The highest BCUT2D eigenvalue weighted by Gasteiger charge is 2.32. The summed E-state index contributed by atoms with van der Waals surface area (Å²) in [5.74, 6) is -1.04. The van der Waals surface area contributed by atoms with Crippen LogP contribution in [0.5, 0.6) is 5.75 Å². The first-order chi connectivity index (χ1) is 17.7. The Bertz CT molecular complexity index is 1300. The molecule has 3 aromatic carbocycles. The number of amides is 2. The van der Waals surface area contributed by atoms with E-state index >= 15 is 0 Å². The second-order valence-corrected chi connectivity index (χ2v) is 10.1. The van der Waals surface area contributed by atoms with Crippen LogP contribution in [0.15, 0.2) is 83.8 Å².